The summed E-state index contributed by atoms with van der Waals surface area (Å²) in [6.45, 7) is 1.10. The summed E-state index contributed by atoms with van der Waals surface area (Å²) < 4.78 is 25.5. The molecule has 1 heterocycles. The number of nitro groups is 1. The van der Waals surface area contributed by atoms with Gasteiger partial charge in [-0.15, -0.1) is 0 Å². The maximum Gasteiger partial charge on any atom is 0.271 e. The molecule has 0 radical (unpaired) electrons. The molecule has 1 fully saturated rings. The quantitative estimate of drug-likeness (QED) is 0.205. The molecule has 7 heteroatoms. The first-order valence-corrected chi connectivity index (χ1v) is 13.8. The molecule has 40 heavy (non-hydrogen) atoms. The third kappa shape index (κ3) is 7.31. The van der Waals surface area contributed by atoms with Crippen molar-refractivity contribution in [3.8, 4) is 0 Å². The summed E-state index contributed by atoms with van der Waals surface area (Å²) in [6, 6.07) is 28.2. The second-order valence-corrected chi connectivity index (χ2v) is 10.1. The molecule has 3 aromatic rings. The van der Waals surface area contributed by atoms with Crippen LogP contribution in [0, 0.1) is 10.1 Å². The Bertz CT molecular complexity index is 1260. The largest absolute Gasteiger partial charge is 0.374 e. The van der Waals surface area contributed by atoms with Gasteiger partial charge in [-0.25, -0.2) is 0 Å². The minimum absolute atomic E-state index is 0.206. The van der Waals surface area contributed by atoms with Crippen molar-refractivity contribution in [2.45, 2.75) is 63.1 Å². The number of benzene rings is 3. The van der Waals surface area contributed by atoms with Crippen molar-refractivity contribution >= 4 is 0 Å². The Kier molecular flexibility index (Phi) is 9.87. The number of allylic oxidation sites excluding steroid dienone is 2. The fourth-order valence-electron chi connectivity index (χ4n) is 5.21. The number of ether oxygens (including phenoxy) is 4. The highest BCUT2D eigenvalue weighted by atomic mass is 16.7. The molecule has 5 atom stereocenters. The smallest absolute Gasteiger partial charge is 0.271 e. The van der Waals surface area contributed by atoms with E-state index >= 15 is 0 Å². The third-order valence-electron chi connectivity index (χ3n) is 7.22. The first-order valence-electron chi connectivity index (χ1n) is 13.8. The van der Waals surface area contributed by atoms with Gasteiger partial charge >= 0.3 is 0 Å². The van der Waals surface area contributed by atoms with Crippen LogP contribution in [0.25, 0.3) is 0 Å². The first kappa shape index (κ1) is 27.9. The predicted octanol–water partition coefficient (Wildman–Crippen LogP) is 6.06. The molecule has 1 aliphatic heterocycles. The molecule has 5 rings (SSSR count). The fourth-order valence-corrected chi connectivity index (χ4v) is 5.21. The Morgan fingerprint density at radius 2 is 1.30 bits per heavy atom. The molecule has 1 aliphatic carbocycles. The molecule has 208 valence electrons. The fraction of sp³-hybridized carbons (Fsp3) is 0.333. The molecule has 0 saturated carbocycles. The molecule has 0 aromatic heterocycles. The van der Waals surface area contributed by atoms with Crippen LogP contribution in [0.4, 0.5) is 0 Å². The third-order valence-corrected chi connectivity index (χ3v) is 7.22. The van der Waals surface area contributed by atoms with Crippen molar-refractivity contribution < 1.29 is 23.9 Å². The SMILES string of the molecule is O=[N+]([O-])C1C(C2=CCCC=C2)OC(COCc2ccccc2)C(OCc2ccccc2)C1OCc1ccccc1. The second-order valence-electron chi connectivity index (χ2n) is 10.1. The molecule has 7 nitrogen and oxygen atoms in total. The van der Waals surface area contributed by atoms with Crippen LogP contribution in [0.5, 0.6) is 0 Å². The molecule has 2 aliphatic rings. The zero-order chi connectivity index (χ0) is 27.6. The Morgan fingerprint density at radius 3 is 1.82 bits per heavy atom. The summed E-state index contributed by atoms with van der Waals surface area (Å²) in [7, 11) is 0. The van der Waals surface area contributed by atoms with Gasteiger partial charge in [0.25, 0.3) is 6.04 Å². The zero-order valence-electron chi connectivity index (χ0n) is 22.4. The maximum atomic E-state index is 12.7. The summed E-state index contributed by atoms with van der Waals surface area (Å²) >= 11 is 0. The highest BCUT2D eigenvalue weighted by Crippen LogP contribution is 2.34. The van der Waals surface area contributed by atoms with E-state index in [1.807, 2.05) is 109 Å². The van der Waals surface area contributed by atoms with E-state index in [2.05, 4.69) is 0 Å². The highest BCUT2D eigenvalue weighted by Gasteiger charge is 2.54. The number of hydrogen-bond acceptors (Lipinski definition) is 6. The van der Waals surface area contributed by atoms with Crippen LogP contribution >= 0.6 is 0 Å². The molecule has 0 amide bonds. The van der Waals surface area contributed by atoms with E-state index in [-0.39, 0.29) is 24.7 Å². The Labute approximate surface area is 235 Å². The van der Waals surface area contributed by atoms with Crippen molar-refractivity contribution in [1.29, 1.82) is 0 Å². The van der Waals surface area contributed by atoms with Crippen LogP contribution in [0.15, 0.2) is 115 Å². The van der Waals surface area contributed by atoms with Gasteiger partial charge in [0, 0.05) is 4.92 Å². The molecule has 0 spiro atoms. The lowest BCUT2D eigenvalue weighted by Crippen LogP contribution is -2.63. The molecule has 3 aromatic carbocycles. The van der Waals surface area contributed by atoms with Crippen molar-refractivity contribution in [1.82, 2.24) is 0 Å². The summed E-state index contributed by atoms with van der Waals surface area (Å²) in [5, 5.41) is 12.7. The van der Waals surface area contributed by atoms with E-state index in [1.54, 1.807) is 0 Å². The van der Waals surface area contributed by atoms with Gasteiger partial charge in [-0.2, -0.15) is 0 Å². The van der Waals surface area contributed by atoms with E-state index in [0.717, 1.165) is 35.1 Å². The van der Waals surface area contributed by atoms with Crippen LogP contribution < -0.4 is 0 Å². The average molecular weight is 542 g/mol. The average Bonchev–Trinajstić information content (AvgIpc) is 3.01. The van der Waals surface area contributed by atoms with Gasteiger partial charge < -0.3 is 18.9 Å². The van der Waals surface area contributed by atoms with E-state index < -0.39 is 30.5 Å². The minimum Gasteiger partial charge on any atom is -0.374 e. The standard InChI is InChI=1S/C33H35NO6/c35-34(36)30-31(28-19-11-4-12-20-28)40-29(24-37-21-25-13-5-1-6-14-25)32(38-22-26-15-7-2-8-16-26)33(30)39-23-27-17-9-3-10-18-27/h1-3,5-11,13-20,29-33H,4,12,21-24H2. The van der Waals surface area contributed by atoms with Gasteiger partial charge in [0.2, 0.25) is 0 Å². The van der Waals surface area contributed by atoms with Gasteiger partial charge in [0.1, 0.15) is 12.2 Å². The molecule has 0 bridgehead atoms. The van der Waals surface area contributed by atoms with Crippen molar-refractivity contribution in [3.63, 3.8) is 0 Å². The van der Waals surface area contributed by atoms with Crippen LogP contribution in [0.3, 0.4) is 0 Å². The lowest BCUT2D eigenvalue weighted by Gasteiger charge is -2.43. The topological polar surface area (TPSA) is 80.1 Å². The molecular weight excluding hydrogens is 506 g/mol. The minimum atomic E-state index is -1.15. The monoisotopic (exact) mass is 541 g/mol. The zero-order valence-corrected chi connectivity index (χ0v) is 22.4. The molecular formula is C33H35NO6. The number of hydrogen-bond donors (Lipinski definition) is 0. The van der Waals surface area contributed by atoms with E-state index in [9.17, 15) is 10.1 Å². The Hall–Kier alpha value is -3.62. The van der Waals surface area contributed by atoms with Gasteiger partial charge in [-0.05, 0) is 35.1 Å². The predicted molar refractivity (Wildman–Crippen MR) is 152 cm³/mol. The number of rotatable bonds is 12. The molecule has 0 N–H and O–H groups in total. The molecule has 5 unspecified atom stereocenters. The van der Waals surface area contributed by atoms with E-state index in [0.29, 0.717) is 6.61 Å². The van der Waals surface area contributed by atoms with Gasteiger partial charge in [0.15, 0.2) is 12.2 Å². The van der Waals surface area contributed by atoms with Gasteiger partial charge in [0.05, 0.1) is 26.4 Å². The highest BCUT2D eigenvalue weighted by molar-refractivity contribution is 5.29. The van der Waals surface area contributed by atoms with Crippen molar-refractivity contribution in [2.75, 3.05) is 6.61 Å². The normalized spacial score (nSPS) is 24.4. The van der Waals surface area contributed by atoms with E-state index in [1.165, 1.54) is 0 Å². The first-order chi connectivity index (χ1) is 19.7. The lowest BCUT2D eigenvalue weighted by molar-refractivity contribution is -0.559. The molecule has 1 saturated heterocycles. The maximum absolute atomic E-state index is 12.7. The van der Waals surface area contributed by atoms with Crippen molar-refractivity contribution in [2.24, 2.45) is 0 Å². The van der Waals surface area contributed by atoms with Crippen LogP contribution in [-0.2, 0) is 38.8 Å². The summed E-state index contributed by atoms with van der Waals surface area (Å²) in [4.78, 5) is 12.4. The summed E-state index contributed by atoms with van der Waals surface area (Å²) in [5.41, 5.74) is 3.74. The number of nitrogens with zero attached hydrogens (tertiary/aromatic N) is 1. The summed E-state index contributed by atoms with van der Waals surface area (Å²) in [6.07, 6.45) is 4.77. The lowest BCUT2D eigenvalue weighted by atomic mass is 9.87. The second kappa shape index (κ2) is 14.1. The van der Waals surface area contributed by atoms with Crippen LogP contribution in [0.1, 0.15) is 29.5 Å². The van der Waals surface area contributed by atoms with Gasteiger partial charge in [-0.3, -0.25) is 10.1 Å². The summed E-state index contributed by atoms with van der Waals surface area (Å²) in [5.74, 6) is 0. The van der Waals surface area contributed by atoms with E-state index in [4.69, 9.17) is 18.9 Å². The Morgan fingerprint density at radius 1 is 0.750 bits per heavy atom. The Balaban J connectivity index is 1.44. The van der Waals surface area contributed by atoms with Gasteiger partial charge in [-0.1, -0.05) is 109 Å². The van der Waals surface area contributed by atoms with Crippen LogP contribution in [0.2, 0.25) is 0 Å². The van der Waals surface area contributed by atoms with Crippen molar-refractivity contribution in [3.05, 3.63) is 142 Å². The van der Waals surface area contributed by atoms with Crippen LogP contribution in [-0.4, -0.2) is 42.0 Å².